The van der Waals surface area contributed by atoms with Gasteiger partial charge in [0.15, 0.2) is 11.5 Å². The van der Waals surface area contributed by atoms with E-state index in [4.69, 9.17) is 9.47 Å². The Labute approximate surface area is 117 Å². The molecule has 0 saturated heterocycles. The molecular weight excluding hydrogens is 238 g/mol. The van der Waals surface area contributed by atoms with Gasteiger partial charge in [0.05, 0.1) is 6.61 Å². The minimum Gasteiger partial charge on any atom is -0.490 e. The van der Waals surface area contributed by atoms with E-state index in [1.54, 1.807) is 0 Å². The molecule has 1 rings (SSSR count). The van der Waals surface area contributed by atoms with E-state index in [1.807, 2.05) is 31.2 Å². The Bertz CT molecular complexity index is 364. The fraction of sp³-hybridized carbons (Fsp3) is 0.625. The third-order valence-corrected chi connectivity index (χ3v) is 2.99. The molecule has 19 heavy (non-hydrogen) atoms. The molecule has 1 N–H and O–H groups in total. The molecule has 0 amide bonds. The highest BCUT2D eigenvalue weighted by molar-refractivity contribution is 5.39. The van der Waals surface area contributed by atoms with Crippen molar-refractivity contribution in [2.24, 2.45) is 0 Å². The molecule has 0 radical (unpaired) electrons. The monoisotopic (exact) mass is 265 g/mol. The van der Waals surface area contributed by atoms with Gasteiger partial charge >= 0.3 is 0 Å². The van der Waals surface area contributed by atoms with Gasteiger partial charge in [0, 0.05) is 12.1 Å². The fourth-order valence-electron chi connectivity index (χ4n) is 2.11. The Morgan fingerprint density at radius 2 is 1.68 bits per heavy atom. The van der Waals surface area contributed by atoms with Gasteiger partial charge in [-0.15, -0.1) is 0 Å². The normalized spacial score (nSPS) is 11.4. The summed E-state index contributed by atoms with van der Waals surface area (Å²) in [7, 11) is 0. The first-order valence-electron chi connectivity index (χ1n) is 7.18. The van der Waals surface area contributed by atoms with E-state index in [9.17, 15) is 0 Å². The third-order valence-electron chi connectivity index (χ3n) is 2.99. The summed E-state index contributed by atoms with van der Waals surface area (Å²) in [5, 5.41) is 3.52. The quantitative estimate of drug-likeness (QED) is 0.692. The number of nitrogens with one attached hydrogen (secondary N) is 1. The molecule has 3 nitrogen and oxygen atoms in total. The highest BCUT2D eigenvalue weighted by Crippen LogP contribution is 2.26. The smallest absolute Gasteiger partial charge is 0.161 e. The summed E-state index contributed by atoms with van der Waals surface area (Å²) in [6.45, 7) is 10.8. The first-order valence-corrected chi connectivity index (χ1v) is 7.18. The van der Waals surface area contributed by atoms with Crippen LogP contribution < -0.4 is 14.8 Å². The van der Waals surface area contributed by atoms with Crippen molar-refractivity contribution >= 4 is 0 Å². The van der Waals surface area contributed by atoms with Gasteiger partial charge in [-0.3, -0.25) is 0 Å². The van der Waals surface area contributed by atoms with E-state index in [1.165, 1.54) is 12.8 Å². The van der Waals surface area contributed by atoms with Crippen LogP contribution in [0.2, 0.25) is 0 Å². The van der Waals surface area contributed by atoms with Gasteiger partial charge in [-0.1, -0.05) is 25.5 Å². The summed E-state index contributed by atoms with van der Waals surface area (Å²) < 4.78 is 11.3. The molecule has 0 saturated carbocycles. The van der Waals surface area contributed by atoms with Crippen molar-refractivity contribution in [2.45, 2.75) is 46.1 Å². The molecule has 0 aliphatic rings. The summed E-state index contributed by atoms with van der Waals surface area (Å²) >= 11 is 0. The molecular formula is C16H27NO2. The lowest BCUT2D eigenvalue weighted by molar-refractivity contribution is 0.257. The highest BCUT2D eigenvalue weighted by Gasteiger charge is 2.14. The Morgan fingerprint density at radius 3 is 2.26 bits per heavy atom. The number of hydrogen-bond donors (Lipinski definition) is 1. The largest absolute Gasteiger partial charge is 0.490 e. The van der Waals surface area contributed by atoms with Crippen LogP contribution in [0.4, 0.5) is 0 Å². The van der Waals surface area contributed by atoms with Gasteiger partial charge in [-0.25, -0.2) is 0 Å². The molecule has 0 atom stereocenters. The maximum absolute atomic E-state index is 5.78. The maximum Gasteiger partial charge on any atom is 0.161 e. The van der Waals surface area contributed by atoms with Crippen molar-refractivity contribution in [3.63, 3.8) is 0 Å². The predicted octanol–water partition coefficient (Wildman–Crippen LogP) is 3.63. The minimum absolute atomic E-state index is 0.178. The average molecular weight is 265 g/mol. The molecule has 0 aromatic heterocycles. The molecule has 0 aliphatic carbocycles. The zero-order valence-electron chi connectivity index (χ0n) is 12.7. The molecule has 0 spiro atoms. The maximum atomic E-state index is 5.78. The predicted molar refractivity (Wildman–Crippen MR) is 80.1 cm³/mol. The fourth-order valence-corrected chi connectivity index (χ4v) is 2.11. The number of hydrogen-bond acceptors (Lipinski definition) is 3. The van der Waals surface area contributed by atoms with Gasteiger partial charge in [-0.2, -0.15) is 0 Å². The van der Waals surface area contributed by atoms with Gasteiger partial charge in [-0.05, 0) is 39.3 Å². The van der Waals surface area contributed by atoms with E-state index in [0.29, 0.717) is 13.2 Å². The van der Waals surface area contributed by atoms with E-state index < -0.39 is 0 Å². The van der Waals surface area contributed by atoms with Crippen LogP contribution in [0.1, 0.15) is 40.5 Å². The zero-order valence-corrected chi connectivity index (χ0v) is 12.7. The summed E-state index contributed by atoms with van der Waals surface area (Å²) in [5.74, 6) is 1.64. The van der Waals surface area contributed by atoms with E-state index in [-0.39, 0.29) is 5.54 Å². The Kier molecular flexibility index (Phi) is 6.71. The van der Waals surface area contributed by atoms with Crippen LogP contribution in [-0.2, 0) is 0 Å². The second-order valence-electron chi connectivity index (χ2n) is 5.29. The molecule has 0 unspecified atom stereocenters. The molecule has 1 aromatic carbocycles. The van der Waals surface area contributed by atoms with Crippen molar-refractivity contribution < 1.29 is 9.47 Å². The zero-order chi connectivity index (χ0) is 14.1. The Balaban J connectivity index is 2.37. The van der Waals surface area contributed by atoms with Crippen molar-refractivity contribution in [1.82, 2.24) is 5.32 Å². The van der Waals surface area contributed by atoms with Gasteiger partial charge in [0.25, 0.3) is 0 Å². The summed E-state index contributed by atoms with van der Waals surface area (Å²) in [6, 6.07) is 7.81. The van der Waals surface area contributed by atoms with Crippen LogP contribution in [0.15, 0.2) is 24.3 Å². The van der Waals surface area contributed by atoms with Crippen LogP contribution in [0.5, 0.6) is 11.5 Å². The van der Waals surface area contributed by atoms with Crippen LogP contribution >= 0.6 is 0 Å². The number of rotatable bonds is 9. The van der Waals surface area contributed by atoms with Crippen LogP contribution in [0.25, 0.3) is 0 Å². The van der Waals surface area contributed by atoms with Crippen molar-refractivity contribution in [2.75, 3.05) is 19.8 Å². The number of para-hydroxylation sites is 2. The van der Waals surface area contributed by atoms with Gasteiger partial charge < -0.3 is 14.8 Å². The lowest BCUT2D eigenvalue weighted by Crippen LogP contribution is -2.41. The highest BCUT2D eigenvalue weighted by atomic mass is 16.5. The third kappa shape index (κ3) is 5.97. The molecule has 108 valence electrons. The van der Waals surface area contributed by atoms with Crippen LogP contribution in [-0.4, -0.2) is 25.3 Å². The molecule has 1 aromatic rings. The standard InChI is InChI=1S/C16H27NO2/c1-5-11-16(3,4)17-12-13-19-15-10-8-7-9-14(15)18-6-2/h7-10,17H,5-6,11-13H2,1-4H3. The number of ether oxygens (including phenoxy) is 2. The summed E-state index contributed by atoms with van der Waals surface area (Å²) in [5.41, 5.74) is 0.178. The second-order valence-corrected chi connectivity index (χ2v) is 5.29. The van der Waals surface area contributed by atoms with Crippen molar-refractivity contribution in [1.29, 1.82) is 0 Å². The SMILES string of the molecule is CCCC(C)(C)NCCOc1ccccc1OCC. The lowest BCUT2D eigenvalue weighted by atomic mass is 9.99. The molecule has 3 heteroatoms. The van der Waals surface area contributed by atoms with Crippen LogP contribution in [0.3, 0.4) is 0 Å². The first kappa shape index (κ1) is 15.8. The van der Waals surface area contributed by atoms with Gasteiger partial charge in [0.2, 0.25) is 0 Å². The van der Waals surface area contributed by atoms with Crippen molar-refractivity contribution in [3.8, 4) is 11.5 Å². The second kappa shape index (κ2) is 8.05. The molecule has 0 fully saturated rings. The molecule has 0 aliphatic heterocycles. The van der Waals surface area contributed by atoms with E-state index in [2.05, 4.69) is 26.1 Å². The lowest BCUT2D eigenvalue weighted by Gasteiger charge is -2.25. The van der Waals surface area contributed by atoms with E-state index >= 15 is 0 Å². The Hall–Kier alpha value is -1.22. The molecule has 0 bridgehead atoms. The Morgan fingerprint density at radius 1 is 1.05 bits per heavy atom. The van der Waals surface area contributed by atoms with E-state index in [0.717, 1.165) is 18.0 Å². The van der Waals surface area contributed by atoms with Crippen molar-refractivity contribution in [3.05, 3.63) is 24.3 Å². The van der Waals surface area contributed by atoms with Crippen LogP contribution in [0, 0.1) is 0 Å². The summed E-state index contributed by atoms with van der Waals surface area (Å²) in [4.78, 5) is 0. The topological polar surface area (TPSA) is 30.5 Å². The summed E-state index contributed by atoms with van der Waals surface area (Å²) in [6.07, 6.45) is 2.36. The minimum atomic E-state index is 0.178. The average Bonchev–Trinajstić information content (AvgIpc) is 2.37. The number of benzene rings is 1. The van der Waals surface area contributed by atoms with Gasteiger partial charge in [0.1, 0.15) is 6.61 Å². The molecule has 0 heterocycles. The first-order chi connectivity index (χ1) is 9.09.